The summed E-state index contributed by atoms with van der Waals surface area (Å²) in [6, 6.07) is 6.15. The van der Waals surface area contributed by atoms with Gasteiger partial charge in [-0.25, -0.2) is 4.39 Å². The average Bonchev–Trinajstić information content (AvgIpc) is 3.09. The van der Waals surface area contributed by atoms with E-state index >= 15 is 0 Å². The highest BCUT2D eigenvalue weighted by atomic mass is 19.1. The van der Waals surface area contributed by atoms with E-state index in [1.807, 2.05) is 0 Å². The van der Waals surface area contributed by atoms with Crippen molar-refractivity contribution in [2.75, 3.05) is 26.8 Å². The molecule has 0 bridgehead atoms. The van der Waals surface area contributed by atoms with E-state index in [1.54, 1.807) is 24.1 Å². The fourth-order valence-corrected chi connectivity index (χ4v) is 4.22. The number of benzene rings is 1. The number of rotatable bonds is 7. The third-order valence-corrected chi connectivity index (χ3v) is 5.73. The van der Waals surface area contributed by atoms with Crippen LogP contribution in [-0.4, -0.2) is 53.9 Å². The first kappa shape index (κ1) is 19.3. The van der Waals surface area contributed by atoms with E-state index in [0.29, 0.717) is 26.1 Å². The number of hydrogen-bond donors (Lipinski definition) is 2. The SMILES string of the molecule is COCC1(NC[C@@]2(O)CCCN(Cc3ccc(F)cc3)C2=O)CCCC1. The molecule has 1 saturated carbocycles. The largest absolute Gasteiger partial charge is 0.383 e. The molecule has 3 rings (SSSR count). The van der Waals surface area contributed by atoms with Gasteiger partial charge in [0.1, 0.15) is 5.82 Å². The standard InChI is InChI=1S/C20H29FN2O3/c1-26-15-19(9-2-3-10-19)22-14-20(25)11-4-12-23(18(20)24)13-16-5-7-17(21)8-6-16/h5-8,22,25H,2-4,9-15H2,1H3/t20-/m0/s1. The van der Waals surface area contributed by atoms with Crippen molar-refractivity contribution < 1.29 is 19.0 Å². The molecule has 1 atom stereocenters. The number of amides is 1. The maximum Gasteiger partial charge on any atom is 0.256 e. The van der Waals surface area contributed by atoms with Crippen molar-refractivity contribution in [1.29, 1.82) is 0 Å². The molecule has 1 aliphatic heterocycles. The maximum atomic E-state index is 13.1. The van der Waals surface area contributed by atoms with Crippen LogP contribution < -0.4 is 5.32 Å². The van der Waals surface area contributed by atoms with Gasteiger partial charge in [0.15, 0.2) is 5.60 Å². The molecule has 5 nitrogen and oxygen atoms in total. The first-order valence-corrected chi connectivity index (χ1v) is 9.47. The van der Waals surface area contributed by atoms with E-state index in [9.17, 15) is 14.3 Å². The molecule has 2 fully saturated rings. The monoisotopic (exact) mass is 364 g/mol. The van der Waals surface area contributed by atoms with E-state index in [4.69, 9.17) is 4.74 Å². The summed E-state index contributed by atoms with van der Waals surface area (Å²) in [6.45, 7) is 1.85. The number of ether oxygens (including phenoxy) is 1. The summed E-state index contributed by atoms with van der Waals surface area (Å²) in [4.78, 5) is 14.6. The number of carbonyl (C=O) groups excluding carboxylic acids is 1. The van der Waals surface area contributed by atoms with Crippen LogP contribution >= 0.6 is 0 Å². The molecule has 1 aliphatic carbocycles. The Morgan fingerprint density at radius 3 is 2.54 bits per heavy atom. The Hall–Kier alpha value is -1.50. The van der Waals surface area contributed by atoms with Gasteiger partial charge in [0, 0.05) is 32.3 Å². The Bertz CT molecular complexity index is 616. The fourth-order valence-electron chi connectivity index (χ4n) is 4.22. The zero-order valence-electron chi connectivity index (χ0n) is 15.5. The molecule has 6 heteroatoms. The number of methoxy groups -OCH3 is 1. The molecule has 0 unspecified atom stereocenters. The second kappa shape index (κ2) is 8.03. The summed E-state index contributed by atoms with van der Waals surface area (Å²) in [5.74, 6) is -0.537. The van der Waals surface area contributed by atoms with Crippen LogP contribution in [0.25, 0.3) is 0 Å². The zero-order chi connectivity index (χ0) is 18.6. The summed E-state index contributed by atoms with van der Waals surface area (Å²) < 4.78 is 18.4. The van der Waals surface area contributed by atoms with Crippen LogP contribution in [0.2, 0.25) is 0 Å². The van der Waals surface area contributed by atoms with E-state index in [2.05, 4.69) is 5.32 Å². The van der Waals surface area contributed by atoms with Crippen LogP contribution in [0.1, 0.15) is 44.1 Å². The lowest BCUT2D eigenvalue weighted by atomic mass is 9.89. The molecular formula is C20H29FN2O3. The number of hydrogen-bond acceptors (Lipinski definition) is 4. The molecule has 1 aromatic carbocycles. The van der Waals surface area contributed by atoms with Crippen LogP contribution in [0.3, 0.4) is 0 Å². The van der Waals surface area contributed by atoms with Gasteiger partial charge in [0.2, 0.25) is 0 Å². The van der Waals surface area contributed by atoms with Gasteiger partial charge in [-0.05, 0) is 43.4 Å². The number of halogens is 1. The molecule has 0 aromatic heterocycles. The summed E-state index contributed by atoms with van der Waals surface area (Å²) in [6.07, 6.45) is 5.50. The van der Waals surface area contributed by atoms with Crippen LogP contribution in [0.15, 0.2) is 24.3 Å². The minimum Gasteiger partial charge on any atom is -0.383 e. The van der Waals surface area contributed by atoms with Gasteiger partial charge in [0.25, 0.3) is 5.91 Å². The van der Waals surface area contributed by atoms with Gasteiger partial charge in [-0.1, -0.05) is 25.0 Å². The van der Waals surface area contributed by atoms with Crippen LogP contribution in [0.4, 0.5) is 4.39 Å². The normalized spacial score (nSPS) is 25.7. The van der Waals surface area contributed by atoms with E-state index < -0.39 is 5.60 Å². The molecule has 1 heterocycles. The maximum absolute atomic E-state index is 13.1. The van der Waals surface area contributed by atoms with Gasteiger partial charge in [-0.2, -0.15) is 0 Å². The lowest BCUT2D eigenvalue weighted by molar-refractivity contribution is -0.157. The van der Waals surface area contributed by atoms with Crippen molar-refractivity contribution >= 4 is 5.91 Å². The smallest absolute Gasteiger partial charge is 0.256 e. The van der Waals surface area contributed by atoms with Crippen molar-refractivity contribution in [1.82, 2.24) is 10.2 Å². The molecular weight excluding hydrogens is 335 g/mol. The highest BCUT2D eigenvalue weighted by Gasteiger charge is 2.44. The molecule has 0 spiro atoms. The van der Waals surface area contributed by atoms with Gasteiger partial charge in [-0.3, -0.25) is 4.79 Å². The Morgan fingerprint density at radius 2 is 1.88 bits per heavy atom. The molecule has 2 N–H and O–H groups in total. The zero-order valence-corrected chi connectivity index (χ0v) is 15.5. The predicted octanol–water partition coefficient (Wildman–Crippen LogP) is 2.23. The van der Waals surface area contributed by atoms with Gasteiger partial charge >= 0.3 is 0 Å². The molecule has 1 saturated heterocycles. The van der Waals surface area contributed by atoms with Crippen molar-refractivity contribution in [3.05, 3.63) is 35.6 Å². The van der Waals surface area contributed by atoms with E-state index in [0.717, 1.165) is 37.7 Å². The number of likely N-dealkylation sites (tertiary alicyclic amines) is 1. The van der Waals surface area contributed by atoms with Gasteiger partial charge < -0.3 is 20.1 Å². The molecule has 0 radical (unpaired) electrons. The summed E-state index contributed by atoms with van der Waals surface area (Å²) in [7, 11) is 1.69. The summed E-state index contributed by atoms with van der Waals surface area (Å²) in [5, 5.41) is 14.5. The third-order valence-electron chi connectivity index (χ3n) is 5.73. The highest BCUT2D eigenvalue weighted by Crippen LogP contribution is 2.31. The number of nitrogens with zero attached hydrogens (tertiary/aromatic N) is 1. The minimum absolute atomic E-state index is 0.135. The van der Waals surface area contributed by atoms with Crippen molar-refractivity contribution in [2.24, 2.45) is 0 Å². The number of aliphatic hydroxyl groups is 1. The quantitative estimate of drug-likeness (QED) is 0.779. The molecule has 26 heavy (non-hydrogen) atoms. The number of β-amino-alcohol motifs (C(OH)–C–C–N with tert-alkyl or cyclic N) is 1. The van der Waals surface area contributed by atoms with Crippen LogP contribution in [0.5, 0.6) is 0 Å². The Kier molecular flexibility index (Phi) is 5.95. The second-order valence-electron chi connectivity index (χ2n) is 7.76. The molecule has 1 amide bonds. The Labute approximate surface area is 154 Å². The first-order chi connectivity index (χ1) is 12.5. The second-order valence-corrected chi connectivity index (χ2v) is 7.76. The number of carbonyl (C=O) groups is 1. The van der Waals surface area contributed by atoms with Gasteiger partial charge in [-0.15, -0.1) is 0 Å². The topological polar surface area (TPSA) is 61.8 Å². The van der Waals surface area contributed by atoms with Gasteiger partial charge in [0.05, 0.1) is 6.61 Å². The van der Waals surface area contributed by atoms with Crippen molar-refractivity contribution in [3.8, 4) is 0 Å². The molecule has 2 aliphatic rings. The summed E-state index contributed by atoms with van der Waals surface area (Å²) >= 11 is 0. The molecule has 144 valence electrons. The van der Waals surface area contributed by atoms with Crippen molar-refractivity contribution in [2.45, 2.75) is 56.2 Å². The third kappa shape index (κ3) is 4.24. The number of piperidine rings is 1. The lowest BCUT2D eigenvalue weighted by Crippen LogP contribution is -2.61. The van der Waals surface area contributed by atoms with E-state index in [1.165, 1.54) is 12.1 Å². The predicted molar refractivity (Wildman–Crippen MR) is 97.1 cm³/mol. The molecule has 1 aromatic rings. The Morgan fingerprint density at radius 1 is 1.19 bits per heavy atom. The summed E-state index contributed by atoms with van der Waals surface area (Å²) in [5.41, 5.74) is -0.658. The highest BCUT2D eigenvalue weighted by molar-refractivity contribution is 5.86. The minimum atomic E-state index is -1.39. The van der Waals surface area contributed by atoms with Crippen molar-refractivity contribution in [3.63, 3.8) is 0 Å². The lowest BCUT2D eigenvalue weighted by Gasteiger charge is -2.41. The Balaban J connectivity index is 1.64. The van der Waals surface area contributed by atoms with Crippen LogP contribution in [-0.2, 0) is 16.1 Å². The van der Waals surface area contributed by atoms with E-state index in [-0.39, 0.29) is 23.8 Å². The number of nitrogens with one attached hydrogen (secondary N) is 1. The first-order valence-electron chi connectivity index (χ1n) is 9.47. The average molecular weight is 364 g/mol. The van der Waals surface area contributed by atoms with Crippen LogP contribution in [0, 0.1) is 5.82 Å². The fraction of sp³-hybridized carbons (Fsp3) is 0.650.